The predicted octanol–water partition coefficient (Wildman–Crippen LogP) is 4.50. The number of hydrogen-bond acceptors (Lipinski definition) is 4. The topological polar surface area (TPSA) is 50.9 Å². The van der Waals surface area contributed by atoms with Gasteiger partial charge in [0.05, 0.1) is 22.0 Å². The molecule has 1 N–H and O–H groups in total. The summed E-state index contributed by atoms with van der Waals surface area (Å²) in [6.07, 6.45) is 6.53. The molecule has 0 aliphatic heterocycles. The highest BCUT2D eigenvalue weighted by atomic mass is 35.5. The van der Waals surface area contributed by atoms with Crippen LogP contribution in [-0.2, 0) is 6.42 Å². The molecule has 23 heavy (non-hydrogen) atoms. The Labute approximate surface area is 145 Å². The number of aromatic hydroxyl groups is 1. The van der Waals surface area contributed by atoms with E-state index in [1.54, 1.807) is 16.0 Å². The maximum Gasteiger partial charge on any atom is 0.238 e. The third-order valence-electron chi connectivity index (χ3n) is 3.34. The lowest BCUT2D eigenvalue weighted by molar-refractivity contribution is 0.447. The molecule has 3 rings (SSSR count). The molecule has 2 aromatic heterocycles. The van der Waals surface area contributed by atoms with Gasteiger partial charge in [-0.25, -0.2) is 9.67 Å². The second kappa shape index (κ2) is 7.44. The van der Waals surface area contributed by atoms with Gasteiger partial charge >= 0.3 is 0 Å². The molecule has 0 amide bonds. The van der Waals surface area contributed by atoms with E-state index in [4.69, 9.17) is 0 Å². The molecule has 120 valence electrons. The maximum absolute atomic E-state index is 9.99. The van der Waals surface area contributed by atoms with Crippen molar-refractivity contribution >= 4 is 35.9 Å². The van der Waals surface area contributed by atoms with Crippen LogP contribution in [-0.4, -0.2) is 19.9 Å². The molecule has 0 aliphatic rings. The molecule has 0 unspecified atom stereocenters. The van der Waals surface area contributed by atoms with Crippen LogP contribution in [0, 0.1) is 6.92 Å². The van der Waals surface area contributed by atoms with Crippen LogP contribution >= 0.6 is 23.7 Å². The van der Waals surface area contributed by atoms with E-state index in [0.717, 1.165) is 22.8 Å². The molecule has 0 atom stereocenters. The summed E-state index contributed by atoms with van der Waals surface area (Å²) >= 11 is 1.71. The molecular weight excluding hydrogens is 330 g/mol. The molecule has 0 aliphatic carbocycles. The zero-order valence-electron chi connectivity index (χ0n) is 12.9. The third-order valence-corrected chi connectivity index (χ3v) is 4.47. The lowest BCUT2D eigenvalue weighted by atomic mass is 10.2. The Morgan fingerprint density at radius 1 is 1.22 bits per heavy atom. The number of aromatic nitrogens is 3. The normalized spacial score (nSPS) is 10.9. The van der Waals surface area contributed by atoms with Crippen molar-refractivity contribution in [2.24, 2.45) is 0 Å². The van der Waals surface area contributed by atoms with Gasteiger partial charge in [-0.05, 0) is 37.6 Å². The van der Waals surface area contributed by atoms with Gasteiger partial charge in [0, 0.05) is 11.1 Å². The monoisotopic (exact) mass is 347 g/mol. The van der Waals surface area contributed by atoms with Gasteiger partial charge in [-0.1, -0.05) is 25.1 Å². The van der Waals surface area contributed by atoms with Crippen molar-refractivity contribution in [3.63, 3.8) is 0 Å². The van der Waals surface area contributed by atoms with Crippen molar-refractivity contribution < 1.29 is 5.11 Å². The van der Waals surface area contributed by atoms with Crippen LogP contribution in [0.5, 0.6) is 5.88 Å². The number of para-hydroxylation sites is 1. The van der Waals surface area contributed by atoms with Crippen LogP contribution in [0.2, 0.25) is 0 Å². The van der Waals surface area contributed by atoms with Crippen molar-refractivity contribution in [2.75, 3.05) is 0 Å². The van der Waals surface area contributed by atoms with Crippen molar-refractivity contribution in [2.45, 2.75) is 20.3 Å². The first kappa shape index (κ1) is 17.2. The summed E-state index contributed by atoms with van der Waals surface area (Å²) in [6.45, 7) is 4.16. The Balaban J connectivity index is 0.00000192. The fourth-order valence-electron chi connectivity index (χ4n) is 2.15. The number of aryl methyl sites for hydroxylation is 2. The van der Waals surface area contributed by atoms with Gasteiger partial charge in [-0.15, -0.1) is 28.8 Å². The van der Waals surface area contributed by atoms with Crippen molar-refractivity contribution in [3.05, 3.63) is 57.7 Å². The van der Waals surface area contributed by atoms with Gasteiger partial charge in [0.15, 0.2) is 0 Å². The van der Waals surface area contributed by atoms with Crippen molar-refractivity contribution in [1.29, 1.82) is 0 Å². The van der Waals surface area contributed by atoms with E-state index in [0.29, 0.717) is 5.56 Å². The summed E-state index contributed by atoms with van der Waals surface area (Å²) in [7, 11) is 0. The summed E-state index contributed by atoms with van der Waals surface area (Å²) < 4.78 is 1.67. The second-order valence-electron chi connectivity index (χ2n) is 4.92. The molecule has 0 saturated carbocycles. The molecule has 0 saturated heterocycles. The van der Waals surface area contributed by atoms with Crippen LogP contribution in [0.3, 0.4) is 0 Å². The van der Waals surface area contributed by atoms with Gasteiger partial charge < -0.3 is 5.11 Å². The first-order valence-corrected chi connectivity index (χ1v) is 7.97. The first-order valence-electron chi connectivity index (χ1n) is 7.16. The number of halogens is 1. The van der Waals surface area contributed by atoms with Gasteiger partial charge in [-0.2, -0.15) is 0 Å². The largest absolute Gasteiger partial charge is 0.492 e. The number of rotatable bonds is 4. The van der Waals surface area contributed by atoms with E-state index < -0.39 is 0 Å². The number of benzene rings is 1. The van der Waals surface area contributed by atoms with Gasteiger partial charge in [0.2, 0.25) is 5.88 Å². The van der Waals surface area contributed by atoms with Crippen LogP contribution in [0.1, 0.15) is 28.1 Å². The first-order chi connectivity index (χ1) is 10.7. The van der Waals surface area contributed by atoms with Crippen molar-refractivity contribution in [3.8, 4) is 11.6 Å². The SMILES string of the molecule is CCc1nc(C=Cc2cn(-c3ccccc3)nc2O)c(C)s1.Cl. The highest BCUT2D eigenvalue weighted by molar-refractivity contribution is 7.11. The zero-order valence-corrected chi connectivity index (χ0v) is 14.6. The third kappa shape index (κ3) is 3.81. The molecule has 0 fully saturated rings. The Morgan fingerprint density at radius 2 is 1.96 bits per heavy atom. The van der Waals surface area contributed by atoms with Crippen LogP contribution in [0.15, 0.2) is 36.5 Å². The Kier molecular flexibility index (Phi) is 5.58. The molecule has 0 spiro atoms. The van der Waals surface area contributed by atoms with Gasteiger partial charge in [0.25, 0.3) is 0 Å². The zero-order chi connectivity index (χ0) is 15.5. The summed E-state index contributed by atoms with van der Waals surface area (Å²) in [5.74, 6) is 0.0173. The highest BCUT2D eigenvalue weighted by Crippen LogP contribution is 2.23. The van der Waals surface area contributed by atoms with E-state index in [9.17, 15) is 5.11 Å². The number of hydrogen-bond donors (Lipinski definition) is 1. The average molecular weight is 348 g/mol. The molecule has 4 nitrogen and oxygen atoms in total. The molecular formula is C17H18ClN3OS. The smallest absolute Gasteiger partial charge is 0.238 e. The molecule has 0 bridgehead atoms. The fourth-order valence-corrected chi connectivity index (χ4v) is 3.01. The Hall–Kier alpha value is -2.11. The molecule has 3 aromatic rings. The van der Waals surface area contributed by atoms with E-state index in [1.807, 2.05) is 48.7 Å². The minimum atomic E-state index is 0. The van der Waals surface area contributed by atoms with Crippen LogP contribution in [0.4, 0.5) is 0 Å². The molecule has 2 heterocycles. The average Bonchev–Trinajstić information content (AvgIpc) is 3.09. The predicted molar refractivity (Wildman–Crippen MR) is 97.6 cm³/mol. The highest BCUT2D eigenvalue weighted by Gasteiger charge is 2.07. The van der Waals surface area contributed by atoms with Gasteiger partial charge in [0.1, 0.15) is 0 Å². The Morgan fingerprint density at radius 3 is 2.61 bits per heavy atom. The van der Waals surface area contributed by atoms with Crippen LogP contribution in [0.25, 0.3) is 17.8 Å². The standard InChI is InChI=1S/C17H17N3OS.ClH/c1-3-16-18-15(12(2)22-16)10-9-13-11-20(19-17(13)21)14-7-5-4-6-8-14;/h4-11H,3H2,1-2H3,(H,19,21);1H. The van der Waals surface area contributed by atoms with Gasteiger partial charge in [-0.3, -0.25) is 0 Å². The summed E-state index contributed by atoms with van der Waals surface area (Å²) in [4.78, 5) is 5.74. The summed E-state index contributed by atoms with van der Waals surface area (Å²) in [6, 6.07) is 9.71. The minimum absolute atomic E-state index is 0. The van der Waals surface area contributed by atoms with Crippen LogP contribution < -0.4 is 0 Å². The maximum atomic E-state index is 9.99. The number of nitrogens with zero attached hydrogens (tertiary/aromatic N) is 3. The summed E-state index contributed by atoms with van der Waals surface area (Å²) in [5, 5.41) is 15.3. The molecule has 1 aromatic carbocycles. The minimum Gasteiger partial charge on any atom is -0.492 e. The lowest BCUT2D eigenvalue weighted by Crippen LogP contribution is -1.92. The lowest BCUT2D eigenvalue weighted by Gasteiger charge is -1.97. The quantitative estimate of drug-likeness (QED) is 0.756. The van der Waals surface area contributed by atoms with E-state index in [1.165, 1.54) is 4.88 Å². The van der Waals surface area contributed by atoms with Crippen molar-refractivity contribution in [1.82, 2.24) is 14.8 Å². The van der Waals surface area contributed by atoms with E-state index >= 15 is 0 Å². The fraction of sp³-hybridized carbons (Fsp3) is 0.176. The van der Waals surface area contributed by atoms with E-state index in [2.05, 4.69) is 23.9 Å². The second-order valence-corrected chi connectivity index (χ2v) is 6.21. The van der Waals surface area contributed by atoms with E-state index in [-0.39, 0.29) is 18.3 Å². The summed E-state index contributed by atoms with van der Waals surface area (Å²) in [5.41, 5.74) is 2.54. The Bertz CT molecular complexity index is 809. The molecule has 0 radical (unpaired) electrons. The molecule has 6 heteroatoms. The number of thiazole rings is 1.